The van der Waals surface area contributed by atoms with Crippen molar-refractivity contribution in [3.8, 4) is 0 Å². The van der Waals surface area contributed by atoms with Gasteiger partial charge >= 0.3 is 89.7 Å². The third kappa shape index (κ3) is 3.36. The molecule has 1 aromatic rings. The van der Waals surface area contributed by atoms with Crippen LogP contribution >= 0.6 is 0 Å². The maximum atomic E-state index is 2.45. The third-order valence-corrected chi connectivity index (χ3v) is 7.40. The summed E-state index contributed by atoms with van der Waals surface area (Å²) in [6, 6.07) is 8.90. The zero-order valence-corrected chi connectivity index (χ0v) is 12.4. The minimum absolute atomic E-state index is 1.09. The van der Waals surface area contributed by atoms with Crippen molar-refractivity contribution in [1.82, 2.24) is 4.90 Å². The van der Waals surface area contributed by atoms with Crippen LogP contribution < -0.4 is 3.27 Å². The van der Waals surface area contributed by atoms with Gasteiger partial charge in [-0.2, -0.15) is 0 Å². The van der Waals surface area contributed by atoms with Gasteiger partial charge in [-0.3, -0.25) is 0 Å². The molecule has 0 aliphatic rings. The van der Waals surface area contributed by atoms with E-state index in [4.69, 9.17) is 0 Å². The molecular weight excluding hydrogens is 355 g/mol. The summed E-state index contributed by atoms with van der Waals surface area (Å²) in [4.78, 5) is 2.24. The summed E-state index contributed by atoms with van der Waals surface area (Å²) >= 11 is -1.25. The number of hydrogen-bond acceptors (Lipinski definition) is 1. The molecule has 0 bridgehead atoms. The summed E-state index contributed by atoms with van der Waals surface area (Å²) in [5, 5.41) is 0. The van der Waals surface area contributed by atoms with Gasteiger partial charge in [-0.05, 0) is 0 Å². The number of benzene rings is 1. The first-order chi connectivity index (χ1) is 6.11. The third-order valence-electron chi connectivity index (χ3n) is 1.96. The first-order valence-electron chi connectivity index (χ1n) is 4.51. The van der Waals surface area contributed by atoms with Gasteiger partial charge in [0.1, 0.15) is 0 Å². The molecule has 0 fully saturated rings. The molecule has 0 unspecified atom stereocenters. The van der Waals surface area contributed by atoms with Crippen molar-refractivity contribution in [3.05, 3.63) is 29.8 Å². The maximum absolute atomic E-state index is 2.45. The van der Waals surface area contributed by atoms with Crippen molar-refractivity contribution < 1.29 is 0 Å². The minimum atomic E-state index is -1.25. The molecule has 2 heteroatoms. The van der Waals surface area contributed by atoms with Crippen molar-refractivity contribution in [2.75, 3.05) is 14.1 Å². The Hall–Kier alpha value is 0.0631. The zero-order valence-electron chi connectivity index (χ0n) is 8.91. The second kappa shape index (κ2) is 5.07. The summed E-state index contributed by atoms with van der Waals surface area (Å²) in [6.45, 7) is 1.09. The van der Waals surface area contributed by atoms with E-state index in [1.807, 2.05) is 0 Å². The molecule has 0 saturated heterocycles. The molecule has 0 spiro atoms. The molecule has 0 aromatic heterocycles. The van der Waals surface area contributed by atoms with Crippen LogP contribution in [0.1, 0.15) is 5.56 Å². The van der Waals surface area contributed by atoms with E-state index in [-0.39, 0.29) is 0 Å². The van der Waals surface area contributed by atoms with Crippen LogP contribution in [-0.4, -0.2) is 40.7 Å². The van der Waals surface area contributed by atoms with Gasteiger partial charge in [0, 0.05) is 0 Å². The predicted molar refractivity (Wildman–Crippen MR) is 60.9 cm³/mol. The first kappa shape index (κ1) is 11.1. The van der Waals surface area contributed by atoms with Crippen LogP contribution in [0.2, 0.25) is 9.26 Å². The van der Waals surface area contributed by atoms with Crippen molar-refractivity contribution in [2.45, 2.75) is 15.8 Å². The van der Waals surface area contributed by atoms with Gasteiger partial charge in [-0.25, -0.2) is 0 Å². The quantitative estimate of drug-likeness (QED) is 0.730. The van der Waals surface area contributed by atoms with Crippen molar-refractivity contribution in [3.63, 3.8) is 0 Å². The SMILES string of the molecule is CN(C)Cc1cccc[c]1[Bi]([CH3])[CH3]. The summed E-state index contributed by atoms with van der Waals surface area (Å²) in [5.41, 5.74) is 1.54. The van der Waals surface area contributed by atoms with Gasteiger partial charge in [0.25, 0.3) is 0 Å². The van der Waals surface area contributed by atoms with Crippen molar-refractivity contribution in [1.29, 1.82) is 0 Å². The molecule has 0 N–H and O–H groups in total. The van der Waals surface area contributed by atoms with Gasteiger partial charge in [0.2, 0.25) is 0 Å². The van der Waals surface area contributed by atoms with Crippen LogP contribution in [-0.2, 0) is 6.54 Å². The van der Waals surface area contributed by atoms with E-state index in [2.05, 4.69) is 52.5 Å². The molecule has 13 heavy (non-hydrogen) atoms. The van der Waals surface area contributed by atoms with Crippen LogP contribution in [0.25, 0.3) is 0 Å². The molecule has 0 heterocycles. The molecule has 0 atom stereocenters. The molecule has 1 nitrogen and oxygen atoms in total. The molecule has 72 valence electrons. The molecule has 1 aromatic carbocycles. The Morgan fingerprint density at radius 2 is 1.77 bits per heavy atom. The van der Waals surface area contributed by atoms with Crippen LogP contribution in [0.5, 0.6) is 0 Å². The molecule has 1 rings (SSSR count). The fourth-order valence-electron chi connectivity index (χ4n) is 1.42. The second-order valence-electron chi connectivity index (χ2n) is 3.76. The van der Waals surface area contributed by atoms with Crippen LogP contribution in [0.15, 0.2) is 24.3 Å². The molecule has 0 saturated carbocycles. The standard InChI is InChI=1S/C9H12N.2CH3.Bi/c1-10(2)8-9-6-4-3-5-7-9;;;/h3-6H,8H2,1-2H3;2*1H3;. The monoisotopic (exact) mass is 373 g/mol. The van der Waals surface area contributed by atoms with Gasteiger partial charge in [0.05, 0.1) is 0 Å². The van der Waals surface area contributed by atoms with Gasteiger partial charge < -0.3 is 0 Å². The van der Waals surface area contributed by atoms with Crippen LogP contribution in [0.4, 0.5) is 0 Å². The van der Waals surface area contributed by atoms with E-state index < -0.39 is 21.8 Å². The topological polar surface area (TPSA) is 3.24 Å². The first-order valence-corrected chi connectivity index (χ1v) is 13.2. The van der Waals surface area contributed by atoms with Crippen molar-refractivity contribution in [2.24, 2.45) is 0 Å². The summed E-state index contributed by atoms with van der Waals surface area (Å²) in [6.07, 6.45) is 0. The Balaban J connectivity index is 2.91. The summed E-state index contributed by atoms with van der Waals surface area (Å²) in [7, 11) is 4.26. The van der Waals surface area contributed by atoms with Gasteiger partial charge in [-0.1, -0.05) is 0 Å². The van der Waals surface area contributed by atoms with E-state index in [0.717, 1.165) is 6.54 Å². The van der Waals surface area contributed by atoms with Crippen LogP contribution in [0.3, 0.4) is 0 Å². The fourth-order valence-corrected chi connectivity index (χ4v) is 5.71. The molecule has 0 amide bonds. The van der Waals surface area contributed by atoms with Gasteiger partial charge in [-0.15, -0.1) is 0 Å². The number of rotatable bonds is 3. The average molecular weight is 373 g/mol. The van der Waals surface area contributed by atoms with E-state index in [0.29, 0.717) is 0 Å². The normalized spacial score (nSPS) is 11.2. The van der Waals surface area contributed by atoms with Crippen LogP contribution in [0, 0.1) is 0 Å². The molecule has 0 radical (unpaired) electrons. The fraction of sp³-hybridized carbons (Fsp3) is 0.455. The van der Waals surface area contributed by atoms with Crippen molar-refractivity contribution >= 4 is 25.0 Å². The molecule has 0 aliphatic heterocycles. The van der Waals surface area contributed by atoms with E-state index >= 15 is 0 Å². The Kier molecular flexibility index (Phi) is 4.35. The zero-order chi connectivity index (χ0) is 9.84. The summed E-state index contributed by atoms with van der Waals surface area (Å²) < 4.78 is 6.57. The second-order valence-corrected chi connectivity index (χ2v) is 12.6. The Morgan fingerprint density at radius 3 is 2.31 bits per heavy atom. The van der Waals surface area contributed by atoms with E-state index in [9.17, 15) is 0 Å². The molecule has 0 aliphatic carbocycles. The predicted octanol–water partition coefficient (Wildman–Crippen LogP) is 1.71. The van der Waals surface area contributed by atoms with E-state index in [1.54, 1.807) is 3.27 Å². The number of nitrogens with zero attached hydrogens (tertiary/aromatic N) is 1. The Morgan fingerprint density at radius 1 is 1.15 bits per heavy atom. The Labute approximate surface area is 89.4 Å². The summed E-state index contributed by atoms with van der Waals surface area (Å²) in [5.74, 6) is 0. The van der Waals surface area contributed by atoms with E-state index in [1.165, 1.54) is 5.56 Å². The average Bonchev–Trinajstić information content (AvgIpc) is 2.03. The number of hydrogen-bond donors (Lipinski definition) is 0. The van der Waals surface area contributed by atoms with Gasteiger partial charge in [0.15, 0.2) is 0 Å². The molecular formula is C11H18BiN. The Bertz CT molecular complexity index is 269.